The van der Waals surface area contributed by atoms with Gasteiger partial charge in [-0.05, 0) is 12.1 Å². The third-order valence-electron chi connectivity index (χ3n) is 5.27. The van der Waals surface area contributed by atoms with Gasteiger partial charge in [0.25, 0.3) is 0 Å². The van der Waals surface area contributed by atoms with E-state index in [9.17, 15) is 18.0 Å². The highest BCUT2D eigenvalue weighted by Gasteiger charge is 2.36. The van der Waals surface area contributed by atoms with Crippen molar-refractivity contribution in [3.8, 4) is 11.9 Å². The van der Waals surface area contributed by atoms with E-state index in [-0.39, 0.29) is 17.8 Å². The zero-order valence-corrected chi connectivity index (χ0v) is 16.4. The third kappa shape index (κ3) is 3.83. The van der Waals surface area contributed by atoms with E-state index >= 15 is 0 Å². The maximum atomic E-state index is 12.8. The van der Waals surface area contributed by atoms with E-state index in [0.717, 1.165) is 17.8 Å². The summed E-state index contributed by atoms with van der Waals surface area (Å²) < 4.78 is 48.8. The molecular formula is C19H20F3N5O3. The van der Waals surface area contributed by atoms with Crippen LogP contribution in [0.25, 0.3) is 0 Å². The minimum absolute atomic E-state index is 0.0376. The van der Waals surface area contributed by atoms with Crippen molar-refractivity contribution >= 4 is 11.6 Å². The number of anilines is 1. The third-order valence-corrected chi connectivity index (χ3v) is 5.27. The Kier molecular flexibility index (Phi) is 5.12. The van der Waals surface area contributed by atoms with Crippen LogP contribution in [0.3, 0.4) is 0 Å². The molecule has 8 nitrogen and oxygen atoms in total. The zero-order valence-electron chi connectivity index (χ0n) is 16.4. The van der Waals surface area contributed by atoms with E-state index in [1.54, 1.807) is 11.0 Å². The second kappa shape index (κ2) is 7.62. The normalized spacial score (nSPS) is 16.3. The number of hydrogen-bond acceptors (Lipinski definition) is 7. The summed E-state index contributed by atoms with van der Waals surface area (Å²) in [7, 11) is 2.96. The van der Waals surface area contributed by atoms with Gasteiger partial charge >= 0.3 is 12.2 Å². The van der Waals surface area contributed by atoms with Gasteiger partial charge < -0.3 is 19.3 Å². The van der Waals surface area contributed by atoms with E-state index in [1.165, 1.54) is 14.2 Å². The number of hydrogen-bond donors (Lipinski definition) is 0. The van der Waals surface area contributed by atoms with Crippen molar-refractivity contribution in [2.45, 2.75) is 25.7 Å². The van der Waals surface area contributed by atoms with Crippen LogP contribution in [0.2, 0.25) is 0 Å². The van der Waals surface area contributed by atoms with Gasteiger partial charge in [0, 0.05) is 37.3 Å². The molecule has 1 saturated heterocycles. The summed E-state index contributed by atoms with van der Waals surface area (Å²) in [5.41, 5.74) is 0.999. The van der Waals surface area contributed by atoms with Crippen molar-refractivity contribution in [1.29, 1.82) is 0 Å². The van der Waals surface area contributed by atoms with Gasteiger partial charge in [0.05, 0.1) is 38.6 Å². The largest absolute Gasteiger partial charge is 0.481 e. The summed E-state index contributed by atoms with van der Waals surface area (Å²) in [6.45, 7) is 1.74. The molecular weight excluding hydrogens is 403 g/mol. The Balaban J connectivity index is 1.34. The quantitative estimate of drug-likeness (QED) is 0.730. The summed E-state index contributed by atoms with van der Waals surface area (Å²) in [5, 5.41) is 0. The lowest BCUT2D eigenvalue weighted by Gasteiger charge is -2.41. The fourth-order valence-corrected chi connectivity index (χ4v) is 3.70. The van der Waals surface area contributed by atoms with Crippen LogP contribution in [0, 0.1) is 5.92 Å². The van der Waals surface area contributed by atoms with Crippen molar-refractivity contribution < 1.29 is 27.4 Å². The van der Waals surface area contributed by atoms with Crippen LogP contribution in [0.15, 0.2) is 18.3 Å². The van der Waals surface area contributed by atoms with Crippen molar-refractivity contribution in [2.24, 2.45) is 5.92 Å². The van der Waals surface area contributed by atoms with Gasteiger partial charge in [0.2, 0.25) is 11.8 Å². The number of rotatable bonds is 5. The molecule has 4 rings (SSSR count). The zero-order chi connectivity index (χ0) is 21.5. The van der Waals surface area contributed by atoms with Crippen molar-refractivity contribution in [3.05, 3.63) is 35.3 Å². The molecule has 2 aromatic rings. The van der Waals surface area contributed by atoms with Crippen molar-refractivity contribution in [1.82, 2.24) is 19.9 Å². The van der Waals surface area contributed by atoms with E-state index in [1.807, 2.05) is 4.90 Å². The lowest BCUT2D eigenvalue weighted by molar-refractivity contribution is -0.141. The number of fused-ring (bicyclic) bond motifs is 1. The first kappa shape index (κ1) is 20.2. The monoisotopic (exact) mass is 423 g/mol. The maximum absolute atomic E-state index is 12.8. The van der Waals surface area contributed by atoms with Gasteiger partial charge in [0.15, 0.2) is 0 Å². The highest BCUT2D eigenvalue weighted by Crippen LogP contribution is 2.34. The van der Waals surface area contributed by atoms with Crippen LogP contribution in [0.1, 0.15) is 23.4 Å². The van der Waals surface area contributed by atoms with Crippen LogP contribution in [-0.2, 0) is 24.1 Å². The van der Waals surface area contributed by atoms with Crippen LogP contribution in [0.4, 0.5) is 18.9 Å². The highest BCUT2D eigenvalue weighted by molar-refractivity contribution is 5.77. The van der Waals surface area contributed by atoms with Crippen molar-refractivity contribution in [3.63, 3.8) is 0 Å². The lowest BCUT2D eigenvalue weighted by atomic mass is 9.95. The van der Waals surface area contributed by atoms with Gasteiger partial charge in [-0.15, -0.1) is 0 Å². The van der Waals surface area contributed by atoms with E-state index in [2.05, 4.69) is 15.0 Å². The molecule has 0 aromatic carbocycles. The number of nitrogens with zero attached hydrogens (tertiary/aromatic N) is 5. The molecule has 0 spiro atoms. The Morgan fingerprint density at radius 1 is 1.20 bits per heavy atom. The minimum Gasteiger partial charge on any atom is -0.481 e. The maximum Gasteiger partial charge on any atom is 0.433 e. The Hall–Kier alpha value is -3.11. The Labute approximate surface area is 170 Å². The Bertz CT molecular complexity index is 963. The Morgan fingerprint density at radius 3 is 2.63 bits per heavy atom. The predicted molar refractivity (Wildman–Crippen MR) is 98.9 cm³/mol. The number of methoxy groups -OCH3 is 2. The molecule has 11 heteroatoms. The number of carbonyl (C=O) groups excluding carboxylic acids is 1. The van der Waals surface area contributed by atoms with Gasteiger partial charge in [-0.25, -0.2) is 0 Å². The van der Waals surface area contributed by atoms with Crippen LogP contribution in [0.5, 0.6) is 11.9 Å². The number of ether oxygens (including phenoxy) is 2. The first-order valence-corrected chi connectivity index (χ1v) is 9.32. The second-order valence-corrected chi connectivity index (χ2v) is 7.27. The first-order valence-electron chi connectivity index (χ1n) is 9.32. The van der Waals surface area contributed by atoms with E-state index in [4.69, 9.17) is 9.47 Å². The van der Waals surface area contributed by atoms with Crippen molar-refractivity contribution in [2.75, 3.05) is 32.2 Å². The molecule has 30 heavy (non-hydrogen) atoms. The summed E-state index contributed by atoms with van der Waals surface area (Å²) in [4.78, 5) is 28.0. The van der Waals surface area contributed by atoms with Gasteiger partial charge in [-0.1, -0.05) is 0 Å². The van der Waals surface area contributed by atoms with Gasteiger partial charge in [-0.3, -0.25) is 9.78 Å². The molecule has 1 amide bonds. The SMILES string of the molecule is COc1nc2c(c(OC)n1)CN(C(=O)CC1CN(c3ccnc(C(F)(F)F)c3)C1)C2. The number of alkyl halides is 3. The summed E-state index contributed by atoms with van der Waals surface area (Å²) >= 11 is 0. The fraction of sp³-hybridized carbons (Fsp3) is 0.474. The fourth-order valence-electron chi connectivity index (χ4n) is 3.70. The van der Waals surface area contributed by atoms with Crippen LogP contribution >= 0.6 is 0 Å². The molecule has 0 N–H and O–H groups in total. The standard InChI is InChI=1S/C19H20F3N5O3/c1-29-17-13-9-27(10-14(13)24-18(25-17)30-2)16(28)5-11-7-26(8-11)12-3-4-23-15(6-12)19(20,21)22/h3-4,6,11H,5,7-10H2,1-2H3. The summed E-state index contributed by atoms with van der Waals surface area (Å²) in [6.07, 6.45) is -3.01. The number of pyridine rings is 1. The molecule has 0 aliphatic carbocycles. The molecule has 2 aliphatic heterocycles. The van der Waals surface area contributed by atoms with Crippen LogP contribution in [-0.4, -0.2) is 53.1 Å². The smallest absolute Gasteiger partial charge is 0.433 e. The topological polar surface area (TPSA) is 80.7 Å². The molecule has 1 fully saturated rings. The minimum atomic E-state index is -4.48. The first-order chi connectivity index (χ1) is 14.3. The summed E-state index contributed by atoms with van der Waals surface area (Å²) in [6, 6.07) is 2.76. The number of aromatic nitrogens is 3. The average Bonchev–Trinajstić information content (AvgIpc) is 3.13. The molecule has 0 radical (unpaired) electrons. The number of amides is 1. The molecule has 0 atom stereocenters. The van der Waals surface area contributed by atoms with Gasteiger partial charge in [-0.2, -0.15) is 23.1 Å². The molecule has 2 aromatic heterocycles. The molecule has 0 saturated carbocycles. The average molecular weight is 423 g/mol. The summed E-state index contributed by atoms with van der Waals surface area (Å²) in [5.74, 6) is 0.427. The highest BCUT2D eigenvalue weighted by atomic mass is 19.4. The van der Waals surface area contributed by atoms with Crippen LogP contribution < -0.4 is 14.4 Å². The second-order valence-electron chi connectivity index (χ2n) is 7.27. The number of carbonyl (C=O) groups is 1. The number of halogens is 3. The van der Waals surface area contributed by atoms with E-state index in [0.29, 0.717) is 49.9 Å². The predicted octanol–water partition coefficient (Wildman–Crippen LogP) is 2.28. The molecule has 160 valence electrons. The van der Waals surface area contributed by atoms with E-state index < -0.39 is 11.9 Å². The Morgan fingerprint density at radius 2 is 1.97 bits per heavy atom. The molecule has 0 unspecified atom stereocenters. The molecule has 0 bridgehead atoms. The molecule has 4 heterocycles. The van der Waals surface area contributed by atoms with Gasteiger partial charge in [0.1, 0.15) is 5.69 Å². The molecule has 2 aliphatic rings. The lowest BCUT2D eigenvalue weighted by Crippen LogP contribution is -2.48.